The molecule has 0 aliphatic heterocycles. The number of nitrogens with one attached hydrogen (secondary N) is 1. The van der Waals surface area contributed by atoms with Crippen molar-refractivity contribution in [2.45, 2.75) is 21.3 Å². The summed E-state index contributed by atoms with van der Waals surface area (Å²) in [5.41, 5.74) is 4.85. The Morgan fingerprint density at radius 3 is 0.684 bits per heavy atom. The van der Waals surface area contributed by atoms with Crippen molar-refractivity contribution in [3.63, 3.8) is 0 Å². The Morgan fingerprint density at radius 1 is 0.386 bits per heavy atom. The van der Waals surface area contributed by atoms with Gasteiger partial charge >= 0.3 is 0 Å². The van der Waals surface area contributed by atoms with Crippen LogP contribution >= 0.6 is 32.0 Å². The number of rotatable bonds is 18. The zero-order valence-electron chi connectivity index (χ0n) is 29.9. The van der Waals surface area contributed by atoms with Crippen LogP contribution in [0.2, 0.25) is 0 Å². The van der Waals surface area contributed by atoms with E-state index in [4.69, 9.17) is 5.73 Å². The second-order valence-electron chi connectivity index (χ2n) is 8.07. The summed E-state index contributed by atoms with van der Waals surface area (Å²) >= 11 is 0. The normalized spacial score (nSPS) is 12.7. The number of sulfonamides is 1. The fourth-order valence-corrected chi connectivity index (χ4v) is 15.1. The molecule has 28 nitrogen and oxygen atoms in total. The molecule has 0 atom stereocenters. The minimum Gasteiger partial charge on any atom is -0.331 e. The molecule has 0 heterocycles. The van der Waals surface area contributed by atoms with Crippen molar-refractivity contribution in [2.24, 2.45) is 5.73 Å². The van der Waals surface area contributed by atoms with Gasteiger partial charge in [-0.2, -0.15) is 50.5 Å². The van der Waals surface area contributed by atoms with Gasteiger partial charge in [0.05, 0.1) is 42.7 Å². The van der Waals surface area contributed by atoms with Crippen LogP contribution < -0.4 is 10.5 Å². The van der Waals surface area contributed by atoms with Gasteiger partial charge in [0.15, 0.2) is 15.3 Å². The topological polar surface area (TPSA) is 435 Å². The van der Waals surface area contributed by atoms with Gasteiger partial charge in [-0.25, -0.2) is 38.4 Å². The molecule has 0 aliphatic carbocycles. The Bertz CT molecular complexity index is 2100. The summed E-state index contributed by atoms with van der Waals surface area (Å²) in [7, 11) is -20.9. The molecule has 0 radical (unpaired) electrons. The molecule has 0 aliphatic rings. The van der Waals surface area contributed by atoms with Crippen LogP contribution in [0.3, 0.4) is 0 Å². The molecule has 0 unspecified atom stereocenters. The molecule has 356 valence electrons. The number of hydrogen-bond acceptors (Lipinski definition) is 27. The molecule has 0 saturated heterocycles. The van der Waals surface area contributed by atoms with Crippen molar-refractivity contribution < 1.29 is 109 Å². The Labute approximate surface area is 349 Å². The van der Waals surface area contributed by atoms with Crippen molar-refractivity contribution in [2.75, 3.05) is 81.2 Å². The van der Waals surface area contributed by atoms with Crippen LogP contribution in [0, 0.1) is 0 Å². The van der Waals surface area contributed by atoms with Crippen LogP contribution in [-0.4, -0.2) is 165 Å². The molecule has 0 aromatic carbocycles. The van der Waals surface area contributed by atoms with Crippen LogP contribution in [0.5, 0.6) is 0 Å². The van der Waals surface area contributed by atoms with Crippen molar-refractivity contribution in [3.8, 4) is 0 Å². The standard InChI is InChI=1S/C4H11NO5S2.2C3H8O6S2.C2H5ClO5S2.C2H7N.CH2Cl2O4S2.CH4/c1-3-5-11(6,7)4-12(8,9)10-2;2*1-8-10(4,5)3-11(6,7)9-2;1-8-10(6,7)2-9(3,4)5;1-2-3;2-8(4,5)1-9(3,6)7;/h5H,3-4H2,1-2H3;2*3H2,1-2H3;2H2,1H3;2-3H2,1H3;1H2;1H4. The Balaban J connectivity index is -0.000000107. The maximum Gasteiger partial charge on any atom is 0.284 e. The fourth-order valence-electron chi connectivity index (χ4n) is 1.43. The van der Waals surface area contributed by atoms with Crippen LogP contribution in [-0.2, 0) is 123 Å². The average molecular weight is 1110 g/mol. The number of hydrogen-bond donors (Lipinski definition) is 2. The van der Waals surface area contributed by atoms with Gasteiger partial charge < -0.3 is 5.73 Å². The van der Waals surface area contributed by atoms with Crippen molar-refractivity contribution in [3.05, 3.63) is 0 Å². The van der Waals surface area contributed by atoms with Crippen LogP contribution in [0.1, 0.15) is 21.3 Å². The Hall–Kier alpha value is 0.0500. The highest BCUT2D eigenvalue weighted by Gasteiger charge is 2.23. The third kappa shape index (κ3) is 60.4. The second-order valence-corrected chi connectivity index (χ2v) is 30.5. The monoisotopic (exact) mass is 1110 g/mol. The Morgan fingerprint density at radius 2 is 0.561 bits per heavy atom. The summed E-state index contributed by atoms with van der Waals surface area (Å²) in [6.45, 7) is 4.36. The molecule has 0 fully saturated rings. The second kappa shape index (κ2) is 31.0. The molecule has 0 bridgehead atoms. The lowest BCUT2D eigenvalue weighted by molar-refractivity contribution is 0.385. The van der Waals surface area contributed by atoms with E-state index in [0.717, 1.165) is 49.2 Å². The minimum absolute atomic E-state index is 0. The van der Waals surface area contributed by atoms with Gasteiger partial charge in [0, 0.05) is 38.6 Å². The third-order valence-electron chi connectivity index (χ3n) is 3.33. The van der Waals surface area contributed by atoms with Gasteiger partial charge in [-0.05, 0) is 6.54 Å². The lowest BCUT2D eigenvalue weighted by Crippen LogP contribution is -2.30. The van der Waals surface area contributed by atoms with Gasteiger partial charge in [0.1, 0.15) is 0 Å². The molecular weight excluding hydrogens is 1060 g/mol. The van der Waals surface area contributed by atoms with Gasteiger partial charge in [0.2, 0.25) is 47.3 Å². The number of halogens is 3. The fraction of sp³-hybridized carbons (Fsp3) is 1.00. The van der Waals surface area contributed by atoms with Gasteiger partial charge in [-0.15, -0.1) is 0 Å². The maximum absolute atomic E-state index is 10.8. The highest BCUT2D eigenvalue weighted by molar-refractivity contribution is 8.28. The minimum atomic E-state index is -4.03. The first kappa shape index (κ1) is 71.5. The molecule has 0 saturated carbocycles. The lowest BCUT2D eigenvalue weighted by Gasteiger charge is -2.02. The first-order chi connectivity index (χ1) is 24.4. The van der Waals surface area contributed by atoms with Crippen LogP contribution in [0.25, 0.3) is 0 Å². The summed E-state index contributed by atoms with van der Waals surface area (Å²) in [6, 6.07) is 0. The van der Waals surface area contributed by atoms with Gasteiger partial charge in [0.25, 0.3) is 60.7 Å². The van der Waals surface area contributed by atoms with Crippen LogP contribution in [0.4, 0.5) is 0 Å². The molecule has 41 heteroatoms. The predicted octanol–water partition coefficient (Wildman–Crippen LogP) is -3.18. The summed E-state index contributed by atoms with van der Waals surface area (Å²) in [6.07, 6.45) is 0. The van der Waals surface area contributed by atoms with Gasteiger partial charge in [-0.1, -0.05) is 21.3 Å². The van der Waals surface area contributed by atoms with Crippen LogP contribution in [0.15, 0.2) is 0 Å². The Kier molecular flexibility index (Phi) is 38.9. The molecule has 0 rings (SSSR count). The SMILES string of the molecule is C.CCN.CCNS(=O)(=O)CS(=O)(=O)OC.COS(=O)(=O)CS(=O)(=O)Cl.COS(=O)(=O)CS(=O)(=O)OC.COS(=O)(=O)CS(=O)(=O)OC.O=S(=O)(Cl)CS(=O)(=O)Cl. The summed E-state index contributed by atoms with van der Waals surface area (Å²) in [4.78, 5) is 0. The molecule has 0 amide bonds. The molecule has 0 aromatic rings. The van der Waals surface area contributed by atoms with Crippen molar-refractivity contribution in [1.82, 2.24) is 4.72 Å². The zero-order valence-corrected chi connectivity index (χ0v) is 40.3. The first-order valence-electron chi connectivity index (χ1n) is 12.5. The van der Waals surface area contributed by atoms with E-state index in [-0.39, 0.29) is 14.0 Å². The molecular formula is C16H45Cl3N2O26S10. The van der Waals surface area contributed by atoms with E-state index in [2.05, 4.69) is 57.1 Å². The van der Waals surface area contributed by atoms with E-state index in [9.17, 15) is 84.2 Å². The van der Waals surface area contributed by atoms with E-state index < -0.39 is 123 Å². The number of nitrogens with two attached hydrogens (primary N) is 1. The lowest BCUT2D eigenvalue weighted by atomic mass is 10.8. The highest BCUT2D eigenvalue weighted by Crippen LogP contribution is 2.06. The first-order valence-corrected chi connectivity index (χ1v) is 31.1. The summed E-state index contributed by atoms with van der Waals surface area (Å²) < 4.78 is 233. The van der Waals surface area contributed by atoms with E-state index in [1.807, 2.05) is 11.6 Å². The summed E-state index contributed by atoms with van der Waals surface area (Å²) in [5, 5.41) is -5.79. The molecule has 57 heavy (non-hydrogen) atoms. The molecule has 0 spiro atoms. The van der Waals surface area contributed by atoms with E-state index in [0.29, 0.717) is 0 Å². The van der Waals surface area contributed by atoms with Crippen molar-refractivity contribution >= 4 is 130 Å². The molecule has 3 N–H and O–H groups in total. The third-order valence-corrected chi connectivity index (χ3v) is 21.1. The van der Waals surface area contributed by atoms with E-state index in [1.54, 1.807) is 6.92 Å². The van der Waals surface area contributed by atoms with E-state index in [1.165, 1.54) is 0 Å². The maximum atomic E-state index is 10.8. The van der Waals surface area contributed by atoms with Gasteiger partial charge in [-0.3, -0.25) is 25.1 Å². The quantitative estimate of drug-likeness (QED) is 0.101. The van der Waals surface area contributed by atoms with E-state index >= 15 is 0 Å². The summed E-state index contributed by atoms with van der Waals surface area (Å²) in [5.74, 6) is 0. The largest absolute Gasteiger partial charge is 0.331 e. The average Bonchev–Trinajstić information content (AvgIpc) is 2.94. The predicted molar refractivity (Wildman–Crippen MR) is 208 cm³/mol. The highest BCUT2D eigenvalue weighted by atomic mass is 35.7. The molecule has 0 aromatic heterocycles. The smallest absolute Gasteiger partial charge is 0.284 e. The zero-order chi connectivity index (χ0) is 46.9. The van der Waals surface area contributed by atoms with Crippen molar-refractivity contribution in [1.29, 1.82) is 0 Å².